The highest BCUT2D eigenvalue weighted by Crippen LogP contribution is 2.41. The number of hydrogen-bond acceptors (Lipinski definition) is 7. The summed E-state index contributed by atoms with van der Waals surface area (Å²) >= 11 is 0. The molecule has 0 amide bonds. The molecule has 9 heteroatoms. The van der Waals surface area contributed by atoms with E-state index in [1.54, 1.807) is 68.9 Å². The van der Waals surface area contributed by atoms with E-state index in [1.807, 2.05) is 12.1 Å². The monoisotopic (exact) mass is 412 g/mol. The van der Waals surface area contributed by atoms with Gasteiger partial charge in [-0.05, 0) is 44.7 Å². The standard InChI is InChI=1S/C18H25O7PSi/c1-4-21-27(3,22-5-2)18(25-26(19)20,23-16-12-8-6-9-13-16)24-17-14-10-7-11-15-17/h6-15,19-20H,4-5H2,1-3H3. The first-order valence-electron chi connectivity index (χ1n) is 8.57. The zero-order chi connectivity index (χ0) is 19.8. The Morgan fingerprint density at radius 1 is 0.815 bits per heavy atom. The van der Waals surface area contributed by atoms with Crippen LogP contribution in [0, 0.1) is 0 Å². The van der Waals surface area contributed by atoms with Gasteiger partial charge in [-0.3, -0.25) is 0 Å². The van der Waals surface area contributed by atoms with Crippen molar-refractivity contribution < 1.29 is 32.6 Å². The fourth-order valence-electron chi connectivity index (χ4n) is 2.49. The van der Waals surface area contributed by atoms with Crippen molar-refractivity contribution in [1.29, 1.82) is 0 Å². The minimum absolute atomic E-state index is 0.304. The summed E-state index contributed by atoms with van der Waals surface area (Å²) in [6, 6.07) is 17.6. The van der Waals surface area contributed by atoms with E-state index < -0.39 is 22.8 Å². The number of para-hydroxylation sites is 2. The van der Waals surface area contributed by atoms with Crippen LogP contribution < -0.4 is 9.47 Å². The molecule has 0 heterocycles. The molecule has 2 aromatic carbocycles. The molecule has 0 saturated heterocycles. The van der Waals surface area contributed by atoms with Gasteiger partial charge in [0.2, 0.25) is 0 Å². The maximum atomic E-state index is 9.69. The molecule has 148 valence electrons. The summed E-state index contributed by atoms with van der Waals surface area (Å²) in [5.74, 6) is 0.812. The molecule has 0 fully saturated rings. The van der Waals surface area contributed by atoms with Crippen molar-refractivity contribution in [3.8, 4) is 11.5 Å². The van der Waals surface area contributed by atoms with E-state index in [2.05, 4.69) is 0 Å². The van der Waals surface area contributed by atoms with Crippen molar-refractivity contribution in [2.75, 3.05) is 13.2 Å². The summed E-state index contributed by atoms with van der Waals surface area (Å²) in [5.41, 5.74) is -1.99. The van der Waals surface area contributed by atoms with Gasteiger partial charge < -0.3 is 28.1 Å². The highest BCUT2D eigenvalue weighted by molar-refractivity contribution is 7.39. The zero-order valence-electron chi connectivity index (χ0n) is 15.6. The Labute approximate surface area is 161 Å². The Hall–Kier alpha value is -1.51. The summed E-state index contributed by atoms with van der Waals surface area (Å²) < 4.78 is 29.4. The van der Waals surface area contributed by atoms with Gasteiger partial charge in [-0.2, -0.15) is 0 Å². The van der Waals surface area contributed by atoms with Crippen LogP contribution in [0.4, 0.5) is 0 Å². The van der Waals surface area contributed by atoms with E-state index in [0.717, 1.165) is 0 Å². The summed E-state index contributed by atoms with van der Waals surface area (Å²) in [6.45, 7) is 5.92. The predicted molar refractivity (Wildman–Crippen MR) is 104 cm³/mol. The number of benzene rings is 2. The first-order valence-corrected chi connectivity index (χ1v) is 12.1. The predicted octanol–water partition coefficient (Wildman–Crippen LogP) is 3.71. The van der Waals surface area contributed by atoms with Crippen LogP contribution in [0.1, 0.15) is 13.8 Å². The molecule has 27 heavy (non-hydrogen) atoms. The SMILES string of the molecule is CCO[Si](C)(OCC)C(Oc1ccccc1)(Oc1ccccc1)OP(O)O. The molecule has 0 aliphatic rings. The van der Waals surface area contributed by atoms with Gasteiger partial charge in [0.05, 0.1) is 0 Å². The van der Waals surface area contributed by atoms with E-state index in [1.165, 1.54) is 0 Å². The van der Waals surface area contributed by atoms with Gasteiger partial charge >= 0.3 is 22.8 Å². The summed E-state index contributed by atoms with van der Waals surface area (Å²) in [5, 5.41) is 0. The second-order valence-electron chi connectivity index (χ2n) is 5.54. The second kappa shape index (κ2) is 10.1. The molecule has 0 atom stereocenters. The summed E-state index contributed by atoms with van der Waals surface area (Å²) in [7, 11) is -6.27. The Morgan fingerprint density at radius 3 is 1.56 bits per heavy atom. The van der Waals surface area contributed by atoms with Crippen LogP contribution in [0.15, 0.2) is 60.7 Å². The minimum Gasteiger partial charge on any atom is -0.430 e. The van der Waals surface area contributed by atoms with Gasteiger partial charge in [0.25, 0.3) is 0 Å². The average molecular weight is 412 g/mol. The molecule has 2 N–H and O–H groups in total. The molecule has 0 bridgehead atoms. The third-order valence-electron chi connectivity index (χ3n) is 3.59. The topological polar surface area (TPSA) is 86.6 Å². The molecule has 0 saturated carbocycles. The number of ether oxygens (including phenoxy) is 2. The quantitative estimate of drug-likeness (QED) is 0.331. The lowest BCUT2D eigenvalue weighted by molar-refractivity contribution is -0.220. The Balaban J connectivity index is 2.55. The van der Waals surface area contributed by atoms with Gasteiger partial charge in [-0.1, -0.05) is 36.4 Å². The van der Waals surface area contributed by atoms with Gasteiger partial charge in [0.1, 0.15) is 11.5 Å². The van der Waals surface area contributed by atoms with E-state index in [4.69, 9.17) is 22.8 Å². The van der Waals surface area contributed by atoms with Crippen LogP contribution in [0.25, 0.3) is 0 Å². The fourth-order valence-corrected chi connectivity index (χ4v) is 5.83. The Bertz CT molecular complexity index is 624. The van der Waals surface area contributed by atoms with Crippen LogP contribution >= 0.6 is 8.60 Å². The fraction of sp³-hybridized carbons (Fsp3) is 0.333. The Kier molecular flexibility index (Phi) is 8.19. The maximum absolute atomic E-state index is 9.69. The normalized spacial score (nSPS) is 12.2. The van der Waals surface area contributed by atoms with Crippen molar-refractivity contribution in [1.82, 2.24) is 0 Å². The van der Waals surface area contributed by atoms with Crippen molar-refractivity contribution >= 4 is 17.2 Å². The molecule has 0 aliphatic heterocycles. The maximum Gasteiger partial charge on any atom is 0.472 e. The molecule has 7 nitrogen and oxygen atoms in total. The zero-order valence-corrected chi connectivity index (χ0v) is 17.5. The lowest BCUT2D eigenvalue weighted by Gasteiger charge is -2.42. The molecule has 0 aliphatic carbocycles. The smallest absolute Gasteiger partial charge is 0.430 e. The number of rotatable bonds is 11. The van der Waals surface area contributed by atoms with Crippen LogP contribution in [0.2, 0.25) is 6.55 Å². The highest BCUT2D eigenvalue weighted by Gasteiger charge is 2.64. The average Bonchev–Trinajstić information content (AvgIpc) is 2.63. The summed E-state index contributed by atoms with van der Waals surface area (Å²) in [4.78, 5) is 19.4. The molecular formula is C18H25O7PSi. The van der Waals surface area contributed by atoms with Crippen molar-refractivity contribution in [3.63, 3.8) is 0 Å². The highest BCUT2D eigenvalue weighted by atomic mass is 31.2. The van der Waals surface area contributed by atoms with E-state index in [-0.39, 0.29) is 0 Å². The third kappa shape index (κ3) is 5.73. The largest absolute Gasteiger partial charge is 0.472 e. The van der Waals surface area contributed by atoms with Crippen LogP contribution in [-0.2, 0) is 13.4 Å². The summed E-state index contributed by atoms with van der Waals surface area (Å²) in [6.07, 6.45) is 0. The number of hydrogen-bond donors (Lipinski definition) is 2. The van der Waals surface area contributed by atoms with Crippen molar-refractivity contribution in [3.05, 3.63) is 60.7 Å². The molecule has 0 unspecified atom stereocenters. The lowest BCUT2D eigenvalue weighted by Crippen LogP contribution is -2.68. The van der Waals surface area contributed by atoms with Crippen molar-refractivity contribution in [2.24, 2.45) is 0 Å². The van der Waals surface area contributed by atoms with Gasteiger partial charge in [-0.25, -0.2) is 4.52 Å². The van der Waals surface area contributed by atoms with Crippen LogP contribution in [-0.4, -0.2) is 37.2 Å². The van der Waals surface area contributed by atoms with E-state index >= 15 is 0 Å². The molecule has 2 rings (SSSR count). The molecule has 0 spiro atoms. The third-order valence-corrected chi connectivity index (χ3v) is 7.26. The van der Waals surface area contributed by atoms with Crippen LogP contribution in [0.3, 0.4) is 0 Å². The van der Waals surface area contributed by atoms with Gasteiger partial charge in [0.15, 0.2) is 0 Å². The minimum atomic E-state index is -3.43. The second-order valence-corrected chi connectivity index (χ2v) is 9.31. The Morgan fingerprint density at radius 2 is 1.22 bits per heavy atom. The van der Waals surface area contributed by atoms with Gasteiger partial charge in [0, 0.05) is 13.2 Å². The molecule has 0 radical (unpaired) electrons. The van der Waals surface area contributed by atoms with Crippen LogP contribution in [0.5, 0.6) is 11.5 Å². The van der Waals surface area contributed by atoms with Gasteiger partial charge in [-0.15, -0.1) is 0 Å². The lowest BCUT2D eigenvalue weighted by atomic mass is 10.3. The van der Waals surface area contributed by atoms with E-state index in [0.29, 0.717) is 24.7 Å². The molecule has 2 aromatic rings. The van der Waals surface area contributed by atoms with E-state index in [9.17, 15) is 9.79 Å². The first kappa shape index (κ1) is 21.8. The van der Waals surface area contributed by atoms with Crippen molar-refractivity contribution in [2.45, 2.75) is 26.0 Å². The molecular weight excluding hydrogens is 387 g/mol. The first-order chi connectivity index (χ1) is 12.9. The molecule has 0 aromatic heterocycles.